The van der Waals surface area contributed by atoms with Crippen LogP contribution in [0.25, 0.3) is 5.69 Å². The Morgan fingerprint density at radius 3 is 2.30 bits per heavy atom. The largest absolute Gasteiger partial charge is 0.456 e. The van der Waals surface area contributed by atoms with E-state index >= 15 is 0 Å². The molecule has 3 rings (SSSR count). The van der Waals surface area contributed by atoms with Crippen molar-refractivity contribution in [2.75, 3.05) is 0 Å². The molecule has 0 atom stereocenters. The molecular formula is C24H24N2O4. The molecular weight excluding hydrogens is 380 g/mol. The number of hydrogen-bond acceptors (Lipinski definition) is 5. The molecule has 0 bridgehead atoms. The lowest BCUT2D eigenvalue weighted by atomic mass is 9.92. The molecule has 3 aromatic rings. The molecule has 6 nitrogen and oxygen atoms in total. The smallest absolute Gasteiger partial charge is 0.363 e. The first kappa shape index (κ1) is 21.2. The van der Waals surface area contributed by atoms with Gasteiger partial charge in [0.25, 0.3) is 0 Å². The first-order valence-electron chi connectivity index (χ1n) is 9.64. The Labute approximate surface area is 175 Å². The van der Waals surface area contributed by atoms with E-state index < -0.39 is 11.4 Å². The number of hydrogen-bond donors (Lipinski definition) is 0. The fourth-order valence-corrected chi connectivity index (χ4v) is 3.72. The van der Waals surface area contributed by atoms with E-state index in [0.717, 1.165) is 27.9 Å². The third-order valence-corrected chi connectivity index (χ3v) is 5.13. The lowest BCUT2D eigenvalue weighted by Crippen LogP contribution is -2.24. The molecule has 2 aromatic carbocycles. The normalized spacial score (nSPS) is 10.7. The van der Waals surface area contributed by atoms with Crippen LogP contribution in [0.5, 0.6) is 0 Å². The second-order valence-corrected chi connectivity index (χ2v) is 7.37. The van der Waals surface area contributed by atoms with Crippen LogP contribution in [0.4, 0.5) is 0 Å². The molecule has 154 valence electrons. The van der Waals surface area contributed by atoms with Crippen LogP contribution in [-0.4, -0.2) is 21.5 Å². The zero-order chi connectivity index (χ0) is 22.0. The maximum absolute atomic E-state index is 12.7. The Morgan fingerprint density at radius 2 is 1.67 bits per heavy atom. The van der Waals surface area contributed by atoms with Gasteiger partial charge in [0.15, 0.2) is 5.78 Å². The summed E-state index contributed by atoms with van der Waals surface area (Å²) in [6.45, 7) is 8.85. The number of ketones is 1. The van der Waals surface area contributed by atoms with Gasteiger partial charge in [-0.1, -0.05) is 24.3 Å². The molecule has 0 aliphatic carbocycles. The maximum Gasteiger partial charge on any atom is 0.363 e. The van der Waals surface area contributed by atoms with Crippen molar-refractivity contribution in [1.82, 2.24) is 9.78 Å². The predicted molar refractivity (Wildman–Crippen MR) is 114 cm³/mol. The summed E-state index contributed by atoms with van der Waals surface area (Å²) in [7, 11) is 0. The predicted octanol–water partition coefficient (Wildman–Crippen LogP) is 4.03. The van der Waals surface area contributed by atoms with Gasteiger partial charge in [0.2, 0.25) is 11.1 Å². The quantitative estimate of drug-likeness (QED) is 0.474. The van der Waals surface area contributed by atoms with Crippen LogP contribution in [-0.2, 0) is 11.3 Å². The number of aromatic nitrogens is 2. The van der Waals surface area contributed by atoms with Crippen molar-refractivity contribution in [3.8, 4) is 5.69 Å². The van der Waals surface area contributed by atoms with Crippen LogP contribution in [0.1, 0.15) is 55.7 Å². The number of rotatable bonds is 5. The summed E-state index contributed by atoms with van der Waals surface area (Å²) in [5, 5.41) is 4.23. The summed E-state index contributed by atoms with van der Waals surface area (Å²) in [5.41, 5.74) is 4.55. The van der Waals surface area contributed by atoms with Crippen molar-refractivity contribution in [3.63, 3.8) is 0 Å². The number of carbonyl (C=O) groups excluding carboxylic acids is 2. The van der Waals surface area contributed by atoms with Gasteiger partial charge in [0, 0.05) is 17.3 Å². The molecule has 0 aliphatic heterocycles. The molecule has 1 heterocycles. The molecule has 0 N–H and O–H groups in total. The minimum Gasteiger partial charge on any atom is -0.456 e. The number of aryl methyl sites for hydroxylation is 3. The minimum absolute atomic E-state index is 0.0384. The van der Waals surface area contributed by atoms with Crippen LogP contribution in [0, 0.1) is 27.7 Å². The SMILES string of the molecule is CC(=O)c1c(C)cc(C)c(COC(=O)c2nn(-c3ccccc3)c(C)cc2=O)c1C. The Balaban J connectivity index is 1.92. The summed E-state index contributed by atoms with van der Waals surface area (Å²) in [4.78, 5) is 37.1. The van der Waals surface area contributed by atoms with Gasteiger partial charge in [-0.3, -0.25) is 9.59 Å². The monoisotopic (exact) mass is 404 g/mol. The first-order valence-corrected chi connectivity index (χ1v) is 9.64. The highest BCUT2D eigenvalue weighted by Gasteiger charge is 2.19. The van der Waals surface area contributed by atoms with E-state index in [4.69, 9.17) is 4.74 Å². The Kier molecular flexibility index (Phi) is 5.96. The highest BCUT2D eigenvalue weighted by atomic mass is 16.5. The van der Waals surface area contributed by atoms with Gasteiger partial charge in [-0.2, -0.15) is 5.10 Å². The summed E-state index contributed by atoms with van der Waals surface area (Å²) in [5.74, 6) is -0.836. The average molecular weight is 404 g/mol. The van der Waals surface area contributed by atoms with Crippen molar-refractivity contribution in [3.05, 3.63) is 91.9 Å². The van der Waals surface area contributed by atoms with Gasteiger partial charge in [-0.05, 0) is 69.0 Å². The van der Waals surface area contributed by atoms with Crippen molar-refractivity contribution >= 4 is 11.8 Å². The van der Waals surface area contributed by atoms with Gasteiger partial charge in [-0.25, -0.2) is 9.48 Å². The van der Waals surface area contributed by atoms with Crippen molar-refractivity contribution in [2.45, 2.75) is 41.2 Å². The number of para-hydroxylation sites is 1. The fourth-order valence-electron chi connectivity index (χ4n) is 3.72. The second kappa shape index (κ2) is 8.45. The third-order valence-electron chi connectivity index (χ3n) is 5.13. The van der Waals surface area contributed by atoms with Crippen LogP contribution in [0.2, 0.25) is 0 Å². The molecule has 0 amide bonds. The molecule has 0 saturated carbocycles. The number of esters is 1. The molecule has 0 fully saturated rings. The van der Waals surface area contributed by atoms with Gasteiger partial charge < -0.3 is 4.74 Å². The molecule has 30 heavy (non-hydrogen) atoms. The Morgan fingerprint density at radius 1 is 1.00 bits per heavy atom. The third kappa shape index (κ3) is 4.08. The lowest BCUT2D eigenvalue weighted by Gasteiger charge is -2.16. The van der Waals surface area contributed by atoms with Crippen molar-refractivity contribution < 1.29 is 14.3 Å². The van der Waals surface area contributed by atoms with E-state index in [2.05, 4.69) is 5.10 Å². The van der Waals surface area contributed by atoms with Crippen LogP contribution < -0.4 is 5.43 Å². The minimum atomic E-state index is -0.798. The topological polar surface area (TPSA) is 78.3 Å². The molecule has 0 saturated heterocycles. The summed E-state index contributed by atoms with van der Waals surface area (Å²) in [6, 6.07) is 12.5. The van der Waals surface area contributed by atoms with Crippen LogP contribution in [0.3, 0.4) is 0 Å². The zero-order valence-corrected chi connectivity index (χ0v) is 17.8. The van der Waals surface area contributed by atoms with Crippen molar-refractivity contribution in [2.24, 2.45) is 0 Å². The molecule has 0 aliphatic rings. The number of Topliss-reactive ketones (excluding diaryl/α,β-unsaturated/α-hetero) is 1. The highest BCUT2D eigenvalue weighted by molar-refractivity contribution is 5.97. The fraction of sp³-hybridized carbons (Fsp3) is 0.250. The number of nitrogens with zero attached hydrogens (tertiary/aromatic N) is 2. The zero-order valence-electron chi connectivity index (χ0n) is 17.8. The van der Waals surface area contributed by atoms with Gasteiger partial charge in [0.1, 0.15) is 6.61 Å². The maximum atomic E-state index is 12.7. The molecule has 6 heteroatoms. The van der Waals surface area contributed by atoms with E-state index in [-0.39, 0.29) is 18.1 Å². The average Bonchev–Trinajstić information content (AvgIpc) is 2.67. The standard InChI is InChI=1S/C24H24N2O4/c1-14-11-15(2)22(18(5)27)17(4)20(14)13-30-24(29)23-21(28)12-16(3)26(25-23)19-9-7-6-8-10-19/h6-12H,13H2,1-5H3. The number of benzene rings is 2. The summed E-state index contributed by atoms with van der Waals surface area (Å²) >= 11 is 0. The number of ether oxygens (including phenoxy) is 1. The first-order chi connectivity index (χ1) is 14.2. The van der Waals surface area contributed by atoms with Gasteiger partial charge in [0.05, 0.1) is 5.69 Å². The van der Waals surface area contributed by atoms with Crippen LogP contribution in [0.15, 0.2) is 47.3 Å². The van der Waals surface area contributed by atoms with Crippen molar-refractivity contribution in [1.29, 1.82) is 0 Å². The summed E-state index contributed by atoms with van der Waals surface area (Å²) < 4.78 is 6.97. The number of carbonyl (C=O) groups is 2. The van der Waals surface area contributed by atoms with E-state index in [1.165, 1.54) is 17.7 Å². The molecule has 1 aromatic heterocycles. The van der Waals surface area contributed by atoms with E-state index in [9.17, 15) is 14.4 Å². The Bertz CT molecular complexity index is 1190. The van der Waals surface area contributed by atoms with Crippen LogP contribution >= 0.6 is 0 Å². The molecule has 0 radical (unpaired) electrons. The lowest BCUT2D eigenvalue weighted by molar-refractivity contribution is 0.0460. The Hall–Kier alpha value is -3.54. The summed E-state index contributed by atoms with van der Waals surface area (Å²) in [6.07, 6.45) is 0. The highest BCUT2D eigenvalue weighted by Crippen LogP contribution is 2.24. The molecule has 0 unspecified atom stereocenters. The molecule has 0 spiro atoms. The van der Waals surface area contributed by atoms with Gasteiger partial charge in [-0.15, -0.1) is 0 Å². The van der Waals surface area contributed by atoms with E-state index in [0.29, 0.717) is 11.3 Å². The second-order valence-electron chi connectivity index (χ2n) is 7.37. The van der Waals surface area contributed by atoms with E-state index in [1.807, 2.05) is 57.2 Å². The van der Waals surface area contributed by atoms with E-state index in [1.54, 1.807) is 6.92 Å². The van der Waals surface area contributed by atoms with Gasteiger partial charge >= 0.3 is 5.97 Å².